The van der Waals surface area contributed by atoms with Crippen LogP contribution in [0.4, 0.5) is 5.69 Å². The van der Waals surface area contributed by atoms with Gasteiger partial charge >= 0.3 is 5.97 Å². The van der Waals surface area contributed by atoms with Crippen molar-refractivity contribution in [1.82, 2.24) is 0 Å². The normalized spacial score (nSPS) is 17.1. The van der Waals surface area contributed by atoms with Gasteiger partial charge in [0.15, 0.2) is 0 Å². The summed E-state index contributed by atoms with van der Waals surface area (Å²) in [4.78, 5) is 13.9. The lowest BCUT2D eigenvalue weighted by molar-refractivity contribution is -0.137. The van der Waals surface area contributed by atoms with Crippen molar-refractivity contribution in [3.63, 3.8) is 0 Å². The van der Waals surface area contributed by atoms with Crippen LogP contribution in [0.2, 0.25) is 5.02 Å². The molecule has 5 heteroatoms. The van der Waals surface area contributed by atoms with Crippen LogP contribution in [-0.4, -0.2) is 23.7 Å². The van der Waals surface area contributed by atoms with E-state index in [-0.39, 0.29) is 18.4 Å². The summed E-state index contributed by atoms with van der Waals surface area (Å²) in [6, 6.07) is 24.5. The average Bonchev–Trinajstić information content (AvgIpc) is 3.06. The number of anilines is 1. The Hall–Kier alpha value is -2.98. The highest BCUT2D eigenvalue weighted by molar-refractivity contribution is 6.30. The molecule has 4 rings (SSSR count). The molecule has 2 unspecified atom stereocenters. The van der Waals surface area contributed by atoms with Gasteiger partial charge in [-0.2, -0.15) is 0 Å². The number of carboxylic acids is 1. The molecule has 3 aromatic rings. The summed E-state index contributed by atoms with van der Waals surface area (Å²) >= 11 is 6.04. The Kier molecular flexibility index (Phi) is 7.56. The molecule has 172 valence electrons. The third-order valence-corrected chi connectivity index (χ3v) is 6.67. The molecule has 0 saturated heterocycles. The monoisotopic (exact) mass is 463 g/mol. The van der Waals surface area contributed by atoms with E-state index >= 15 is 0 Å². The molecule has 0 amide bonds. The standard InChI is InChI=1S/C28H30ClNO3/c1-20-25(18-28(31)32)26-17-24(33-16-6-5-9-21-7-3-2-4-8-21)14-15-27(26)30(20)19-22-10-12-23(29)13-11-22/h2-4,7-8,10-15,17,20,25H,5-6,9,16,18-19H2,1H3,(H,31,32). The van der Waals surface area contributed by atoms with Gasteiger partial charge < -0.3 is 14.7 Å². The summed E-state index contributed by atoms with van der Waals surface area (Å²) in [6.07, 6.45) is 3.20. The van der Waals surface area contributed by atoms with Crippen LogP contribution in [0.25, 0.3) is 0 Å². The minimum atomic E-state index is -0.779. The molecule has 4 nitrogen and oxygen atoms in total. The molecule has 0 saturated carbocycles. The van der Waals surface area contributed by atoms with E-state index < -0.39 is 5.97 Å². The maximum atomic E-state index is 11.6. The molecule has 1 aliphatic heterocycles. The molecular formula is C28H30ClNO3. The molecule has 0 spiro atoms. The van der Waals surface area contributed by atoms with Crippen LogP contribution in [0.15, 0.2) is 72.8 Å². The average molecular weight is 464 g/mol. The molecule has 0 fully saturated rings. The van der Waals surface area contributed by atoms with E-state index in [1.165, 1.54) is 5.56 Å². The highest BCUT2D eigenvalue weighted by Gasteiger charge is 2.37. The van der Waals surface area contributed by atoms with Crippen LogP contribution < -0.4 is 9.64 Å². The first-order valence-electron chi connectivity index (χ1n) is 11.5. The number of halogens is 1. The fourth-order valence-electron chi connectivity index (χ4n) is 4.63. The summed E-state index contributed by atoms with van der Waals surface area (Å²) in [6.45, 7) is 3.47. The van der Waals surface area contributed by atoms with E-state index in [2.05, 4.69) is 42.2 Å². The zero-order chi connectivity index (χ0) is 23.2. The first kappa shape index (κ1) is 23.2. The van der Waals surface area contributed by atoms with Crippen LogP contribution in [0.3, 0.4) is 0 Å². The number of rotatable bonds is 10. The summed E-state index contributed by atoms with van der Waals surface area (Å²) in [5, 5.41) is 10.2. The minimum Gasteiger partial charge on any atom is -0.494 e. The first-order valence-corrected chi connectivity index (χ1v) is 11.9. The number of hydrogen-bond donors (Lipinski definition) is 1. The van der Waals surface area contributed by atoms with E-state index in [0.29, 0.717) is 18.2 Å². The molecule has 1 aliphatic rings. The van der Waals surface area contributed by atoms with Crippen molar-refractivity contribution < 1.29 is 14.6 Å². The third kappa shape index (κ3) is 5.88. The molecule has 0 aromatic heterocycles. The highest BCUT2D eigenvalue weighted by Crippen LogP contribution is 2.45. The van der Waals surface area contributed by atoms with Gasteiger partial charge in [0.25, 0.3) is 0 Å². The number of carbonyl (C=O) groups is 1. The van der Waals surface area contributed by atoms with Crippen LogP contribution in [0.1, 0.15) is 48.8 Å². The lowest BCUT2D eigenvalue weighted by Crippen LogP contribution is -2.31. The largest absolute Gasteiger partial charge is 0.494 e. The minimum absolute atomic E-state index is 0.0768. The summed E-state index contributed by atoms with van der Waals surface area (Å²) in [5.74, 6) is -0.0470. The van der Waals surface area contributed by atoms with Gasteiger partial charge in [0.2, 0.25) is 0 Å². The number of unbranched alkanes of at least 4 members (excludes halogenated alkanes) is 1. The van der Waals surface area contributed by atoms with E-state index in [1.54, 1.807) is 0 Å². The molecule has 0 bridgehead atoms. The molecule has 1 N–H and O–H groups in total. The molecule has 0 radical (unpaired) electrons. The van der Waals surface area contributed by atoms with Gasteiger partial charge in [-0.1, -0.05) is 54.1 Å². The van der Waals surface area contributed by atoms with Crippen molar-refractivity contribution >= 4 is 23.3 Å². The van der Waals surface area contributed by atoms with E-state index in [0.717, 1.165) is 41.8 Å². The van der Waals surface area contributed by atoms with Gasteiger partial charge in [0.05, 0.1) is 13.0 Å². The zero-order valence-corrected chi connectivity index (χ0v) is 19.7. The second-order valence-corrected chi connectivity index (χ2v) is 9.15. The van der Waals surface area contributed by atoms with Gasteiger partial charge in [0.1, 0.15) is 5.75 Å². The number of aryl methyl sites for hydroxylation is 1. The Morgan fingerprint density at radius 2 is 1.76 bits per heavy atom. The van der Waals surface area contributed by atoms with Gasteiger partial charge in [0, 0.05) is 29.2 Å². The van der Waals surface area contributed by atoms with Gasteiger partial charge in [-0.15, -0.1) is 0 Å². The number of nitrogens with zero attached hydrogens (tertiary/aromatic N) is 1. The Labute approximate surface area is 200 Å². The maximum absolute atomic E-state index is 11.6. The number of benzene rings is 3. The lowest BCUT2D eigenvalue weighted by atomic mass is 9.92. The first-order chi connectivity index (χ1) is 16.0. The molecule has 3 aromatic carbocycles. The number of aliphatic carboxylic acids is 1. The zero-order valence-electron chi connectivity index (χ0n) is 18.9. The fourth-order valence-corrected chi connectivity index (χ4v) is 4.75. The predicted molar refractivity (Wildman–Crippen MR) is 133 cm³/mol. The van der Waals surface area contributed by atoms with Crippen LogP contribution in [0.5, 0.6) is 5.75 Å². The number of carboxylic acid groups (broad SMARTS) is 1. The second-order valence-electron chi connectivity index (χ2n) is 8.71. The Bertz CT molecular complexity index is 1070. The lowest BCUT2D eigenvalue weighted by Gasteiger charge is -2.27. The second kappa shape index (κ2) is 10.8. The number of hydrogen-bond acceptors (Lipinski definition) is 3. The van der Waals surface area contributed by atoms with Crippen molar-refractivity contribution in [3.05, 3.63) is 94.5 Å². The third-order valence-electron chi connectivity index (χ3n) is 6.41. The van der Waals surface area contributed by atoms with Crippen molar-refractivity contribution in [1.29, 1.82) is 0 Å². The maximum Gasteiger partial charge on any atom is 0.304 e. The van der Waals surface area contributed by atoms with E-state index in [4.69, 9.17) is 16.3 Å². The van der Waals surface area contributed by atoms with Gasteiger partial charge in [-0.3, -0.25) is 4.79 Å². The summed E-state index contributed by atoms with van der Waals surface area (Å²) < 4.78 is 6.04. The van der Waals surface area contributed by atoms with Gasteiger partial charge in [-0.05, 0) is 73.2 Å². The van der Waals surface area contributed by atoms with Crippen LogP contribution >= 0.6 is 11.6 Å². The summed E-state index contributed by atoms with van der Waals surface area (Å²) in [5.41, 5.74) is 4.63. The van der Waals surface area contributed by atoms with E-state index in [9.17, 15) is 9.90 Å². The fraction of sp³-hybridized carbons (Fsp3) is 0.321. The topological polar surface area (TPSA) is 49.8 Å². The smallest absolute Gasteiger partial charge is 0.304 e. The Morgan fingerprint density at radius 1 is 1.00 bits per heavy atom. The van der Waals surface area contributed by atoms with E-state index in [1.807, 2.05) is 42.5 Å². The molecule has 0 aliphatic carbocycles. The van der Waals surface area contributed by atoms with Gasteiger partial charge in [-0.25, -0.2) is 0 Å². The molecule has 33 heavy (non-hydrogen) atoms. The van der Waals surface area contributed by atoms with Crippen LogP contribution in [-0.2, 0) is 17.8 Å². The highest BCUT2D eigenvalue weighted by atomic mass is 35.5. The number of ether oxygens (including phenoxy) is 1. The molecular weight excluding hydrogens is 434 g/mol. The number of fused-ring (bicyclic) bond motifs is 1. The Morgan fingerprint density at radius 3 is 2.48 bits per heavy atom. The summed E-state index contributed by atoms with van der Waals surface area (Å²) in [7, 11) is 0. The Balaban J connectivity index is 1.42. The van der Waals surface area contributed by atoms with Crippen molar-refractivity contribution in [2.75, 3.05) is 11.5 Å². The molecule has 1 heterocycles. The predicted octanol–water partition coefficient (Wildman–Crippen LogP) is 6.71. The SMILES string of the molecule is CC1C(CC(=O)O)c2cc(OCCCCc3ccccc3)ccc2N1Cc1ccc(Cl)cc1. The van der Waals surface area contributed by atoms with Crippen molar-refractivity contribution in [3.8, 4) is 5.75 Å². The van der Waals surface area contributed by atoms with Crippen LogP contribution in [0, 0.1) is 0 Å². The molecule has 2 atom stereocenters. The quantitative estimate of drug-likeness (QED) is 0.339. The van der Waals surface area contributed by atoms with Crippen molar-refractivity contribution in [2.24, 2.45) is 0 Å². The van der Waals surface area contributed by atoms with Crippen molar-refractivity contribution in [2.45, 2.75) is 51.1 Å².